The molecule has 1 heterocycles. The Morgan fingerprint density at radius 3 is 2.32 bits per heavy atom. The summed E-state index contributed by atoms with van der Waals surface area (Å²) in [5.74, 6) is 0.965. The minimum Gasteiger partial charge on any atom is -0.341 e. The van der Waals surface area contributed by atoms with Gasteiger partial charge in [-0.1, -0.05) is 20.3 Å². The Morgan fingerprint density at radius 1 is 1.05 bits per heavy atom. The van der Waals surface area contributed by atoms with E-state index in [0.717, 1.165) is 38.8 Å². The van der Waals surface area contributed by atoms with Crippen LogP contribution in [0.25, 0.3) is 0 Å². The summed E-state index contributed by atoms with van der Waals surface area (Å²) >= 11 is 0. The maximum Gasteiger partial charge on any atom is 0.226 e. The number of nitrogens with zero attached hydrogens (tertiary/aromatic N) is 2. The van der Waals surface area contributed by atoms with Crippen molar-refractivity contribution in [1.82, 2.24) is 9.80 Å². The van der Waals surface area contributed by atoms with Crippen LogP contribution in [0, 0.1) is 17.8 Å². The number of nitrogens with two attached hydrogens (primary N) is 1. The number of halogens is 1. The number of carbonyl (C=O) groups excluding carboxylic acids is 2. The first kappa shape index (κ1) is 19.2. The SMILES string of the molecule is CC(C)C(=O)N1CCCN(C(=O)[C@@H]2CCC[C@@H]2CN)CC1.Cl. The minimum atomic E-state index is 0. The van der Waals surface area contributed by atoms with Gasteiger partial charge in [-0.15, -0.1) is 12.4 Å². The Kier molecular flexibility index (Phi) is 7.63. The predicted octanol–water partition coefficient (Wildman–Crippen LogP) is 1.50. The van der Waals surface area contributed by atoms with Crippen LogP contribution in [0.1, 0.15) is 39.5 Å². The van der Waals surface area contributed by atoms with Gasteiger partial charge in [-0.25, -0.2) is 0 Å². The predicted molar refractivity (Wildman–Crippen MR) is 89.7 cm³/mol. The van der Waals surface area contributed by atoms with E-state index in [-0.39, 0.29) is 36.1 Å². The van der Waals surface area contributed by atoms with Crippen molar-refractivity contribution in [2.45, 2.75) is 39.5 Å². The highest BCUT2D eigenvalue weighted by molar-refractivity contribution is 5.85. The van der Waals surface area contributed by atoms with Crippen LogP contribution in [0.5, 0.6) is 0 Å². The maximum absolute atomic E-state index is 12.7. The topological polar surface area (TPSA) is 66.6 Å². The molecule has 0 spiro atoms. The third-order valence-corrected chi connectivity index (χ3v) is 4.89. The van der Waals surface area contributed by atoms with Gasteiger partial charge in [0.25, 0.3) is 0 Å². The molecule has 1 saturated carbocycles. The van der Waals surface area contributed by atoms with E-state index in [4.69, 9.17) is 5.73 Å². The second-order valence-electron chi connectivity index (χ2n) is 6.69. The fourth-order valence-corrected chi connectivity index (χ4v) is 3.60. The summed E-state index contributed by atoms with van der Waals surface area (Å²) in [5.41, 5.74) is 5.79. The van der Waals surface area contributed by atoms with Crippen LogP contribution in [0.3, 0.4) is 0 Å². The van der Waals surface area contributed by atoms with Crippen LogP contribution in [0.2, 0.25) is 0 Å². The molecule has 2 rings (SSSR count). The van der Waals surface area contributed by atoms with Crippen LogP contribution in [0.4, 0.5) is 0 Å². The minimum absolute atomic E-state index is 0. The molecule has 2 N–H and O–H groups in total. The summed E-state index contributed by atoms with van der Waals surface area (Å²) < 4.78 is 0. The van der Waals surface area contributed by atoms with Gasteiger partial charge in [-0.3, -0.25) is 9.59 Å². The molecular weight excluding hydrogens is 302 g/mol. The zero-order valence-electron chi connectivity index (χ0n) is 13.8. The van der Waals surface area contributed by atoms with E-state index >= 15 is 0 Å². The van der Waals surface area contributed by atoms with E-state index in [9.17, 15) is 9.59 Å². The number of hydrogen-bond donors (Lipinski definition) is 1. The Hall–Kier alpha value is -0.810. The second-order valence-corrected chi connectivity index (χ2v) is 6.69. The molecule has 0 aromatic carbocycles. The van der Waals surface area contributed by atoms with Gasteiger partial charge in [-0.05, 0) is 31.7 Å². The molecule has 22 heavy (non-hydrogen) atoms. The summed E-state index contributed by atoms with van der Waals surface area (Å²) in [5, 5.41) is 0. The second kappa shape index (κ2) is 8.73. The van der Waals surface area contributed by atoms with E-state index in [1.54, 1.807) is 0 Å². The highest BCUT2D eigenvalue weighted by Gasteiger charge is 2.35. The molecule has 1 aliphatic heterocycles. The molecule has 1 saturated heterocycles. The molecule has 6 heteroatoms. The zero-order valence-corrected chi connectivity index (χ0v) is 14.6. The molecule has 2 amide bonds. The van der Waals surface area contributed by atoms with Crippen molar-refractivity contribution < 1.29 is 9.59 Å². The summed E-state index contributed by atoms with van der Waals surface area (Å²) in [6, 6.07) is 0. The average molecular weight is 332 g/mol. The zero-order chi connectivity index (χ0) is 15.4. The van der Waals surface area contributed by atoms with Crippen molar-refractivity contribution in [1.29, 1.82) is 0 Å². The van der Waals surface area contributed by atoms with Gasteiger partial charge in [0.05, 0.1) is 0 Å². The quantitative estimate of drug-likeness (QED) is 0.852. The monoisotopic (exact) mass is 331 g/mol. The maximum atomic E-state index is 12.7. The summed E-state index contributed by atoms with van der Waals surface area (Å²) in [6.07, 6.45) is 4.05. The van der Waals surface area contributed by atoms with Crippen LogP contribution in [-0.4, -0.2) is 54.3 Å². The van der Waals surface area contributed by atoms with Gasteiger partial charge in [0.15, 0.2) is 0 Å². The van der Waals surface area contributed by atoms with E-state index < -0.39 is 0 Å². The van der Waals surface area contributed by atoms with Crippen molar-refractivity contribution >= 4 is 24.2 Å². The third kappa shape index (κ3) is 4.35. The Bertz CT molecular complexity index is 390. The molecule has 0 radical (unpaired) electrons. The first-order chi connectivity index (χ1) is 10.0. The first-order valence-electron chi connectivity index (χ1n) is 8.32. The molecule has 128 valence electrons. The summed E-state index contributed by atoms with van der Waals surface area (Å²) in [7, 11) is 0. The van der Waals surface area contributed by atoms with Crippen LogP contribution < -0.4 is 5.73 Å². The molecule has 2 fully saturated rings. The molecule has 0 aromatic heterocycles. The van der Waals surface area contributed by atoms with Crippen LogP contribution >= 0.6 is 12.4 Å². The lowest BCUT2D eigenvalue weighted by Gasteiger charge is -2.27. The molecule has 1 aliphatic carbocycles. The third-order valence-electron chi connectivity index (χ3n) is 4.89. The molecule has 0 bridgehead atoms. The number of amides is 2. The Morgan fingerprint density at radius 2 is 1.68 bits per heavy atom. The Balaban J connectivity index is 0.00000242. The van der Waals surface area contributed by atoms with Crippen molar-refractivity contribution in [2.75, 3.05) is 32.7 Å². The number of hydrogen-bond acceptors (Lipinski definition) is 3. The van der Waals surface area contributed by atoms with Crippen molar-refractivity contribution in [2.24, 2.45) is 23.5 Å². The van der Waals surface area contributed by atoms with E-state index in [2.05, 4.69) is 0 Å². The van der Waals surface area contributed by atoms with Crippen molar-refractivity contribution in [3.8, 4) is 0 Å². The smallest absolute Gasteiger partial charge is 0.226 e. The van der Waals surface area contributed by atoms with Crippen LogP contribution in [0.15, 0.2) is 0 Å². The lowest BCUT2D eigenvalue weighted by Crippen LogP contribution is -2.42. The Labute approximate surface area is 140 Å². The average Bonchev–Trinajstić information content (AvgIpc) is 2.82. The van der Waals surface area contributed by atoms with Gasteiger partial charge < -0.3 is 15.5 Å². The molecule has 2 atom stereocenters. The van der Waals surface area contributed by atoms with Gasteiger partial charge in [0.2, 0.25) is 11.8 Å². The highest BCUT2D eigenvalue weighted by Crippen LogP contribution is 2.32. The van der Waals surface area contributed by atoms with E-state index in [0.29, 0.717) is 25.6 Å². The van der Waals surface area contributed by atoms with Gasteiger partial charge in [-0.2, -0.15) is 0 Å². The largest absolute Gasteiger partial charge is 0.341 e. The fourth-order valence-electron chi connectivity index (χ4n) is 3.60. The number of carbonyl (C=O) groups is 2. The standard InChI is InChI=1S/C16H29N3O2.ClH/c1-12(2)15(20)18-7-4-8-19(10-9-18)16(21)14-6-3-5-13(14)11-17;/h12-14H,3-11,17H2,1-2H3;1H/t13-,14-;/m1./s1. The lowest BCUT2D eigenvalue weighted by atomic mass is 9.94. The summed E-state index contributed by atoms with van der Waals surface area (Å²) in [6.45, 7) is 7.36. The van der Waals surface area contributed by atoms with E-state index in [1.165, 1.54) is 0 Å². The van der Waals surface area contributed by atoms with E-state index in [1.807, 2.05) is 23.6 Å². The van der Waals surface area contributed by atoms with Gasteiger partial charge in [0, 0.05) is 38.0 Å². The highest BCUT2D eigenvalue weighted by atomic mass is 35.5. The van der Waals surface area contributed by atoms with Gasteiger partial charge >= 0.3 is 0 Å². The normalized spacial score (nSPS) is 25.8. The molecular formula is C16H30ClN3O2. The fraction of sp³-hybridized carbons (Fsp3) is 0.875. The lowest BCUT2D eigenvalue weighted by molar-refractivity contribution is -0.138. The van der Waals surface area contributed by atoms with Crippen LogP contribution in [-0.2, 0) is 9.59 Å². The van der Waals surface area contributed by atoms with Crippen molar-refractivity contribution in [3.05, 3.63) is 0 Å². The molecule has 0 unspecified atom stereocenters. The molecule has 0 aromatic rings. The first-order valence-corrected chi connectivity index (χ1v) is 8.32. The number of rotatable bonds is 3. The molecule has 5 nitrogen and oxygen atoms in total. The van der Waals surface area contributed by atoms with Gasteiger partial charge in [0.1, 0.15) is 0 Å². The molecule has 2 aliphatic rings. The summed E-state index contributed by atoms with van der Waals surface area (Å²) in [4.78, 5) is 28.7. The van der Waals surface area contributed by atoms with Crippen molar-refractivity contribution in [3.63, 3.8) is 0 Å².